The molecule has 0 saturated carbocycles. The van der Waals surface area contributed by atoms with Crippen molar-refractivity contribution in [3.63, 3.8) is 0 Å². The zero-order valence-electron chi connectivity index (χ0n) is 16.0. The van der Waals surface area contributed by atoms with E-state index in [0.29, 0.717) is 13.1 Å². The first kappa shape index (κ1) is 19.7. The average molecular weight is 373 g/mol. The van der Waals surface area contributed by atoms with E-state index < -0.39 is 0 Å². The highest BCUT2D eigenvalue weighted by molar-refractivity contribution is 6.00. The monoisotopic (exact) mass is 373 g/mol. The quantitative estimate of drug-likeness (QED) is 0.652. The Morgan fingerprint density at radius 1 is 1.04 bits per heavy atom. The number of aliphatic hydroxyl groups is 1. The minimum absolute atomic E-state index is 0.0204. The summed E-state index contributed by atoms with van der Waals surface area (Å²) < 4.78 is 0. The molecule has 2 N–H and O–H groups in total. The largest absolute Gasteiger partial charge is 0.396 e. The number of aliphatic hydroxyl groups excluding tert-OH is 1. The highest BCUT2D eigenvalue weighted by Gasteiger charge is 2.34. The zero-order valence-corrected chi connectivity index (χ0v) is 16.0. The number of nitrogens with zero attached hydrogens (tertiary/aromatic N) is 2. The highest BCUT2D eigenvalue weighted by Crippen LogP contribution is 2.28. The van der Waals surface area contributed by atoms with Crippen LogP contribution in [0.3, 0.4) is 0 Å². The molecule has 1 unspecified atom stereocenters. The summed E-state index contributed by atoms with van der Waals surface area (Å²) in [5.74, 6) is -0.276. The second kappa shape index (κ2) is 9.74. The number of carbonyl (C=O) groups excluding carboxylic acids is 2. The number of anilines is 2. The standard InChI is InChI=1S/C21H31N3O3/c25-14-6-2-1-3-11-22-21(27)17-15-20(26)24(16-17)19-9-7-18(8-10-19)23-12-4-5-13-23/h7-10,17,25H,1-6,11-16H2,(H,22,27). The van der Waals surface area contributed by atoms with Crippen LogP contribution < -0.4 is 15.1 Å². The van der Waals surface area contributed by atoms with E-state index in [1.165, 1.54) is 18.5 Å². The first-order valence-electron chi connectivity index (χ1n) is 10.2. The van der Waals surface area contributed by atoms with Crippen LogP contribution in [0.5, 0.6) is 0 Å². The van der Waals surface area contributed by atoms with Gasteiger partial charge in [-0.3, -0.25) is 9.59 Å². The van der Waals surface area contributed by atoms with Gasteiger partial charge in [-0.2, -0.15) is 0 Å². The third kappa shape index (κ3) is 5.22. The molecule has 0 bridgehead atoms. The predicted molar refractivity (Wildman–Crippen MR) is 107 cm³/mol. The summed E-state index contributed by atoms with van der Waals surface area (Å²) in [5, 5.41) is 11.7. The Labute approximate surface area is 161 Å². The Hall–Kier alpha value is -2.08. The average Bonchev–Trinajstić information content (AvgIpc) is 3.34. The molecule has 3 rings (SSSR count). The van der Waals surface area contributed by atoms with E-state index in [2.05, 4.69) is 22.3 Å². The predicted octanol–water partition coefficient (Wildman–Crippen LogP) is 2.31. The summed E-state index contributed by atoms with van der Waals surface area (Å²) in [6.45, 7) is 3.53. The fourth-order valence-electron chi connectivity index (χ4n) is 3.90. The molecular formula is C21H31N3O3. The van der Waals surface area contributed by atoms with Crippen LogP contribution in [0.15, 0.2) is 24.3 Å². The summed E-state index contributed by atoms with van der Waals surface area (Å²) in [6, 6.07) is 8.14. The molecule has 0 spiro atoms. The van der Waals surface area contributed by atoms with Crippen LogP contribution in [0.1, 0.15) is 44.9 Å². The number of hydrogen-bond acceptors (Lipinski definition) is 4. The maximum Gasteiger partial charge on any atom is 0.227 e. The van der Waals surface area contributed by atoms with Crippen molar-refractivity contribution < 1.29 is 14.7 Å². The van der Waals surface area contributed by atoms with Gasteiger partial charge in [-0.1, -0.05) is 12.8 Å². The van der Waals surface area contributed by atoms with E-state index in [-0.39, 0.29) is 30.8 Å². The van der Waals surface area contributed by atoms with Crippen LogP contribution in [-0.4, -0.2) is 49.7 Å². The maximum absolute atomic E-state index is 12.4. The van der Waals surface area contributed by atoms with Crippen molar-refractivity contribution in [1.82, 2.24) is 5.32 Å². The number of carbonyl (C=O) groups is 2. The van der Waals surface area contributed by atoms with Crippen molar-refractivity contribution in [3.8, 4) is 0 Å². The molecule has 148 valence electrons. The molecule has 2 aliphatic rings. The van der Waals surface area contributed by atoms with Gasteiger partial charge in [-0.15, -0.1) is 0 Å². The summed E-state index contributed by atoms with van der Waals surface area (Å²) in [5.41, 5.74) is 2.08. The van der Waals surface area contributed by atoms with Crippen molar-refractivity contribution in [3.05, 3.63) is 24.3 Å². The van der Waals surface area contributed by atoms with Gasteiger partial charge >= 0.3 is 0 Å². The molecule has 0 aromatic heterocycles. The van der Waals surface area contributed by atoms with Gasteiger partial charge < -0.3 is 20.2 Å². The summed E-state index contributed by atoms with van der Waals surface area (Å²) in [4.78, 5) is 28.8. The second-order valence-electron chi connectivity index (χ2n) is 7.54. The molecular weight excluding hydrogens is 342 g/mol. The fourth-order valence-corrected chi connectivity index (χ4v) is 3.90. The molecule has 2 fully saturated rings. The Balaban J connectivity index is 1.47. The van der Waals surface area contributed by atoms with E-state index in [4.69, 9.17) is 5.11 Å². The van der Waals surface area contributed by atoms with Crippen molar-refractivity contribution in [2.75, 3.05) is 42.6 Å². The van der Waals surface area contributed by atoms with Crippen LogP contribution >= 0.6 is 0 Å². The molecule has 2 heterocycles. The Morgan fingerprint density at radius 3 is 2.41 bits per heavy atom. The van der Waals surface area contributed by atoms with Crippen molar-refractivity contribution in [2.24, 2.45) is 5.92 Å². The Bertz CT molecular complexity index is 626. The molecule has 6 heteroatoms. The molecule has 0 radical (unpaired) electrons. The lowest BCUT2D eigenvalue weighted by molar-refractivity contribution is -0.126. The van der Waals surface area contributed by atoms with E-state index in [0.717, 1.165) is 44.5 Å². The van der Waals surface area contributed by atoms with Crippen LogP contribution in [0.2, 0.25) is 0 Å². The number of rotatable bonds is 9. The van der Waals surface area contributed by atoms with Crippen LogP contribution in [0.4, 0.5) is 11.4 Å². The van der Waals surface area contributed by atoms with Crippen molar-refractivity contribution in [2.45, 2.75) is 44.9 Å². The minimum Gasteiger partial charge on any atom is -0.396 e. The first-order valence-corrected chi connectivity index (χ1v) is 10.2. The molecule has 1 atom stereocenters. The number of nitrogens with one attached hydrogen (secondary N) is 1. The molecule has 2 aliphatic heterocycles. The smallest absolute Gasteiger partial charge is 0.227 e. The van der Waals surface area contributed by atoms with Gasteiger partial charge in [-0.25, -0.2) is 0 Å². The van der Waals surface area contributed by atoms with Gasteiger partial charge in [0.2, 0.25) is 11.8 Å². The van der Waals surface area contributed by atoms with Crippen molar-refractivity contribution >= 4 is 23.2 Å². The van der Waals surface area contributed by atoms with E-state index in [9.17, 15) is 9.59 Å². The molecule has 1 aromatic carbocycles. The van der Waals surface area contributed by atoms with Gasteiger partial charge in [-0.05, 0) is 49.9 Å². The lowest BCUT2D eigenvalue weighted by atomic mass is 10.1. The Kier molecular flexibility index (Phi) is 7.10. The van der Waals surface area contributed by atoms with Crippen LogP contribution in [-0.2, 0) is 9.59 Å². The van der Waals surface area contributed by atoms with Gasteiger partial charge in [0.05, 0.1) is 5.92 Å². The Morgan fingerprint density at radius 2 is 1.70 bits per heavy atom. The molecule has 2 amide bonds. The first-order chi connectivity index (χ1) is 13.2. The second-order valence-corrected chi connectivity index (χ2v) is 7.54. The number of benzene rings is 1. The number of unbranched alkanes of at least 4 members (excludes halogenated alkanes) is 3. The molecule has 6 nitrogen and oxygen atoms in total. The van der Waals surface area contributed by atoms with E-state index >= 15 is 0 Å². The molecule has 0 aliphatic carbocycles. The van der Waals surface area contributed by atoms with Gasteiger partial charge in [0.25, 0.3) is 0 Å². The molecule has 1 aromatic rings. The van der Waals surface area contributed by atoms with Gasteiger partial charge in [0, 0.05) is 50.6 Å². The fraction of sp³-hybridized carbons (Fsp3) is 0.619. The highest BCUT2D eigenvalue weighted by atomic mass is 16.3. The normalized spacial score (nSPS) is 19.7. The number of hydrogen-bond donors (Lipinski definition) is 2. The summed E-state index contributed by atoms with van der Waals surface area (Å²) in [7, 11) is 0. The van der Waals surface area contributed by atoms with Crippen LogP contribution in [0, 0.1) is 5.92 Å². The van der Waals surface area contributed by atoms with Crippen molar-refractivity contribution in [1.29, 1.82) is 0 Å². The summed E-state index contributed by atoms with van der Waals surface area (Å²) >= 11 is 0. The van der Waals surface area contributed by atoms with E-state index in [1.54, 1.807) is 4.90 Å². The summed E-state index contributed by atoms with van der Waals surface area (Å²) in [6.07, 6.45) is 6.47. The van der Waals surface area contributed by atoms with Gasteiger partial charge in [0.15, 0.2) is 0 Å². The van der Waals surface area contributed by atoms with Crippen LogP contribution in [0.25, 0.3) is 0 Å². The molecule has 27 heavy (non-hydrogen) atoms. The SMILES string of the molecule is O=C(NCCCCCCO)C1CC(=O)N(c2ccc(N3CCCC3)cc2)C1. The van der Waals surface area contributed by atoms with E-state index in [1.807, 2.05) is 12.1 Å². The maximum atomic E-state index is 12.4. The lowest BCUT2D eigenvalue weighted by Crippen LogP contribution is -2.33. The minimum atomic E-state index is -0.270. The number of amides is 2. The third-order valence-electron chi connectivity index (χ3n) is 5.51. The lowest BCUT2D eigenvalue weighted by Gasteiger charge is -2.20. The third-order valence-corrected chi connectivity index (χ3v) is 5.51. The topological polar surface area (TPSA) is 72.9 Å². The molecule has 2 saturated heterocycles. The zero-order chi connectivity index (χ0) is 19.1. The van der Waals surface area contributed by atoms with Gasteiger partial charge in [0.1, 0.15) is 0 Å².